The van der Waals surface area contributed by atoms with Gasteiger partial charge in [0.2, 0.25) is 5.13 Å². The van der Waals surface area contributed by atoms with Gasteiger partial charge in [0.1, 0.15) is 11.3 Å². The van der Waals surface area contributed by atoms with Crippen LogP contribution < -0.4 is 10.6 Å². The molecule has 0 saturated carbocycles. The van der Waals surface area contributed by atoms with Crippen LogP contribution in [0.15, 0.2) is 48.2 Å². The van der Waals surface area contributed by atoms with Crippen LogP contribution in [0.1, 0.15) is 29.1 Å². The summed E-state index contributed by atoms with van der Waals surface area (Å²) >= 11 is 1.25. The lowest BCUT2D eigenvalue weighted by atomic mass is 10.2. The lowest BCUT2D eigenvalue weighted by Gasteiger charge is -2.13. The van der Waals surface area contributed by atoms with E-state index in [-0.39, 0.29) is 11.9 Å². The smallest absolute Gasteiger partial charge is 0.259 e. The third-order valence-electron chi connectivity index (χ3n) is 3.70. The molecule has 4 heterocycles. The molecule has 0 aromatic carbocycles. The van der Waals surface area contributed by atoms with Crippen LogP contribution >= 0.6 is 11.3 Å². The molecule has 4 rings (SSSR count). The summed E-state index contributed by atoms with van der Waals surface area (Å²) in [6, 6.07) is 9.07. The minimum atomic E-state index is -0.280. The Hall–Kier alpha value is -3.40. The maximum atomic E-state index is 12.1. The lowest BCUT2D eigenvalue weighted by Crippen LogP contribution is -2.14. The minimum absolute atomic E-state index is 0.110. The lowest BCUT2D eigenvalue weighted by molar-refractivity contribution is 0.102. The van der Waals surface area contributed by atoms with Crippen molar-refractivity contribution >= 4 is 33.8 Å². The Morgan fingerprint density at radius 2 is 2.12 bits per heavy atom. The Morgan fingerprint density at radius 3 is 2.88 bits per heavy atom. The zero-order chi connectivity index (χ0) is 17.9. The molecule has 0 radical (unpaired) electrons. The monoisotopic (exact) mass is 366 g/mol. The van der Waals surface area contributed by atoms with Crippen molar-refractivity contribution < 1.29 is 4.79 Å². The highest BCUT2D eigenvalue weighted by atomic mass is 32.1. The van der Waals surface area contributed by atoms with Crippen LogP contribution in [0.5, 0.6) is 0 Å². The van der Waals surface area contributed by atoms with E-state index in [1.807, 2.05) is 35.7 Å². The number of aromatic nitrogens is 6. The first kappa shape index (κ1) is 16.1. The normalized spacial score (nSPS) is 12.0. The summed E-state index contributed by atoms with van der Waals surface area (Å²) in [7, 11) is 0. The molecule has 26 heavy (non-hydrogen) atoms. The highest BCUT2D eigenvalue weighted by molar-refractivity contribution is 7.13. The van der Waals surface area contributed by atoms with Crippen LogP contribution in [0, 0.1) is 0 Å². The number of anilines is 2. The molecule has 1 unspecified atom stereocenters. The van der Waals surface area contributed by atoms with E-state index in [9.17, 15) is 4.79 Å². The van der Waals surface area contributed by atoms with E-state index in [1.54, 1.807) is 17.6 Å². The summed E-state index contributed by atoms with van der Waals surface area (Å²) < 4.78 is 1.92. The van der Waals surface area contributed by atoms with Gasteiger partial charge in [0.25, 0.3) is 5.91 Å². The minimum Gasteiger partial charge on any atom is -0.360 e. The topological polar surface area (TPSA) is 110 Å². The van der Waals surface area contributed by atoms with Gasteiger partial charge in [0, 0.05) is 12.4 Å². The Bertz CT molecular complexity index is 1030. The summed E-state index contributed by atoms with van der Waals surface area (Å²) in [6.07, 6.45) is 3.42. The van der Waals surface area contributed by atoms with Crippen molar-refractivity contribution in [3.63, 3.8) is 0 Å². The van der Waals surface area contributed by atoms with Crippen molar-refractivity contribution in [3.05, 3.63) is 59.6 Å². The second-order valence-corrected chi connectivity index (χ2v) is 6.32. The quantitative estimate of drug-likeness (QED) is 0.558. The van der Waals surface area contributed by atoms with Crippen molar-refractivity contribution in [2.75, 3.05) is 10.6 Å². The summed E-state index contributed by atoms with van der Waals surface area (Å²) in [4.78, 5) is 16.4. The van der Waals surface area contributed by atoms with Gasteiger partial charge in [-0.25, -0.2) is 4.98 Å². The van der Waals surface area contributed by atoms with E-state index in [2.05, 4.69) is 36.0 Å². The highest BCUT2D eigenvalue weighted by Gasteiger charge is 2.14. The van der Waals surface area contributed by atoms with Crippen molar-refractivity contribution in [2.24, 2.45) is 0 Å². The largest absolute Gasteiger partial charge is 0.360 e. The number of carbonyl (C=O) groups excluding carboxylic acids is 1. The zero-order valence-corrected chi connectivity index (χ0v) is 14.5. The van der Waals surface area contributed by atoms with E-state index in [0.717, 1.165) is 11.5 Å². The number of pyridine rings is 2. The molecule has 0 aliphatic carbocycles. The molecular weight excluding hydrogens is 352 g/mol. The van der Waals surface area contributed by atoms with Crippen molar-refractivity contribution in [3.8, 4) is 0 Å². The summed E-state index contributed by atoms with van der Waals surface area (Å²) in [5.74, 6) is 1.13. The SMILES string of the molecule is CC(Nc1ccc(C(=O)Nc2nncs2)cn1)c1nnc2ccccn12. The van der Waals surface area contributed by atoms with Gasteiger partial charge in [0.15, 0.2) is 11.5 Å². The molecule has 9 nitrogen and oxygen atoms in total. The molecule has 4 aromatic rings. The first-order chi connectivity index (χ1) is 12.7. The van der Waals surface area contributed by atoms with Crippen LogP contribution in [-0.2, 0) is 0 Å². The average molecular weight is 366 g/mol. The fourth-order valence-electron chi connectivity index (χ4n) is 2.45. The van der Waals surface area contributed by atoms with Gasteiger partial charge in [-0.3, -0.25) is 14.5 Å². The second kappa shape index (κ2) is 6.84. The van der Waals surface area contributed by atoms with Gasteiger partial charge in [-0.05, 0) is 31.2 Å². The fourth-order valence-corrected chi connectivity index (χ4v) is 2.89. The van der Waals surface area contributed by atoms with E-state index in [4.69, 9.17) is 0 Å². The molecule has 0 bridgehead atoms. The van der Waals surface area contributed by atoms with Crippen LogP contribution in [0.3, 0.4) is 0 Å². The number of hydrogen-bond donors (Lipinski definition) is 2. The molecule has 0 saturated heterocycles. The predicted octanol–water partition coefficient (Wildman–Crippen LogP) is 2.40. The van der Waals surface area contributed by atoms with Crippen LogP contribution in [0.25, 0.3) is 5.65 Å². The van der Waals surface area contributed by atoms with E-state index in [0.29, 0.717) is 16.5 Å². The van der Waals surface area contributed by atoms with Crippen LogP contribution in [-0.4, -0.2) is 35.7 Å². The number of hydrogen-bond acceptors (Lipinski definition) is 8. The Balaban J connectivity index is 1.46. The third kappa shape index (κ3) is 3.22. The van der Waals surface area contributed by atoms with Gasteiger partial charge in [0.05, 0.1) is 11.6 Å². The number of amides is 1. The van der Waals surface area contributed by atoms with Crippen LogP contribution in [0.2, 0.25) is 0 Å². The average Bonchev–Trinajstić information content (AvgIpc) is 3.31. The van der Waals surface area contributed by atoms with Crippen molar-refractivity contribution in [1.29, 1.82) is 0 Å². The number of nitrogens with zero attached hydrogens (tertiary/aromatic N) is 6. The Morgan fingerprint density at radius 1 is 1.19 bits per heavy atom. The van der Waals surface area contributed by atoms with Gasteiger partial charge in [-0.15, -0.1) is 20.4 Å². The van der Waals surface area contributed by atoms with E-state index >= 15 is 0 Å². The molecule has 0 spiro atoms. The molecule has 1 amide bonds. The van der Waals surface area contributed by atoms with Gasteiger partial charge < -0.3 is 5.32 Å². The van der Waals surface area contributed by atoms with Gasteiger partial charge >= 0.3 is 0 Å². The first-order valence-corrected chi connectivity index (χ1v) is 8.68. The summed E-state index contributed by atoms with van der Waals surface area (Å²) in [6.45, 7) is 1.97. The highest BCUT2D eigenvalue weighted by Crippen LogP contribution is 2.18. The molecule has 4 aromatic heterocycles. The molecule has 2 N–H and O–H groups in total. The molecular formula is C16H14N8OS. The first-order valence-electron chi connectivity index (χ1n) is 7.80. The van der Waals surface area contributed by atoms with Gasteiger partial charge in [-0.1, -0.05) is 17.4 Å². The second-order valence-electron chi connectivity index (χ2n) is 5.48. The third-order valence-corrected chi connectivity index (χ3v) is 4.30. The zero-order valence-electron chi connectivity index (χ0n) is 13.7. The number of fused-ring (bicyclic) bond motifs is 1. The van der Waals surface area contributed by atoms with Gasteiger partial charge in [-0.2, -0.15) is 0 Å². The Kier molecular flexibility index (Phi) is 4.23. The number of carbonyl (C=O) groups is 1. The predicted molar refractivity (Wildman–Crippen MR) is 97.1 cm³/mol. The maximum Gasteiger partial charge on any atom is 0.259 e. The fraction of sp³-hybridized carbons (Fsp3) is 0.125. The Labute approximate surface area is 152 Å². The molecule has 0 aliphatic rings. The molecule has 130 valence electrons. The van der Waals surface area contributed by atoms with Crippen molar-refractivity contribution in [2.45, 2.75) is 13.0 Å². The molecule has 0 aliphatic heterocycles. The maximum absolute atomic E-state index is 12.1. The summed E-state index contributed by atoms with van der Waals surface area (Å²) in [5, 5.41) is 22.2. The summed E-state index contributed by atoms with van der Waals surface area (Å²) in [5.41, 5.74) is 2.77. The van der Waals surface area contributed by atoms with Crippen LogP contribution in [0.4, 0.5) is 10.9 Å². The number of nitrogens with one attached hydrogen (secondary N) is 2. The molecule has 10 heteroatoms. The number of rotatable bonds is 5. The standard InChI is InChI=1S/C16H14N8OS/c1-10(14-22-21-13-4-2-3-7-24(13)14)19-12-6-5-11(8-17-12)15(25)20-16-23-18-9-26-16/h2-10H,1H3,(H,17,19)(H,20,23,25). The molecule has 0 fully saturated rings. The van der Waals surface area contributed by atoms with Crippen molar-refractivity contribution in [1.82, 2.24) is 29.8 Å². The van der Waals surface area contributed by atoms with E-state index in [1.165, 1.54) is 17.5 Å². The van der Waals surface area contributed by atoms with E-state index < -0.39 is 0 Å². The molecule has 1 atom stereocenters.